The maximum absolute atomic E-state index is 12.1. The number of hydrogen-bond acceptors (Lipinski definition) is 7. The second-order valence-electron chi connectivity index (χ2n) is 5.94. The summed E-state index contributed by atoms with van der Waals surface area (Å²) in [7, 11) is 0. The summed E-state index contributed by atoms with van der Waals surface area (Å²) in [5.41, 5.74) is 1.42. The minimum absolute atomic E-state index is 0.00544. The van der Waals surface area contributed by atoms with E-state index in [1.54, 1.807) is 36.4 Å². The number of hydrogen-bond donors (Lipinski definition) is 1. The zero-order chi connectivity index (χ0) is 21.0. The van der Waals surface area contributed by atoms with Gasteiger partial charge in [0, 0.05) is 12.1 Å². The summed E-state index contributed by atoms with van der Waals surface area (Å²) < 4.78 is 5.63. The number of imide groups is 1. The first kappa shape index (κ1) is 20.1. The minimum atomic E-state index is -1.26. The van der Waals surface area contributed by atoms with Gasteiger partial charge in [-0.1, -0.05) is 12.1 Å². The number of nitrogens with zero attached hydrogens (tertiary/aromatic N) is 2. The number of carbonyl (C=O) groups excluding carboxylic acids is 2. The van der Waals surface area contributed by atoms with Crippen molar-refractivity contribution in [3.63, 3.8) is 0 Å². The lowest BCUT2D eigenvalue weighted by molar-refractivity contribution is -0.384. The van der Waals surface area contributed by atoms with Crippen molar-refractivity contribution in [3.8, 4) is 5.75 Å². The molecule has 9 nitrogen and oxygen atoms in total. The van der Waals surface area contributed by atoms with Gasteiger partial charge in [0.05, 0.1) is 9.83 Å². The molecule has 1 aliphatic heterocycles. The van der Waals surface area contributed by atoms with Crippen molar-refractivity contribution < 1.29 is 29.2 Å². The van der Waals surface area contributed by atoms with E-state index in [2.05, 4.69) is 0 Å². The molecule has 148 valence electrons. The van der Waals surface area contributed by atoms with E-state index in [0.29, 0.717) is 28.0 Å². The van der Waals surface area contributed by atoms with E-state index in [1.165, 1.54) is 18.2 Å². The fourth-order valence-electron chi connectivity index (χ4n) is 2.46. The molecule has 0 aliphatic carbocycles. The van der Waals surface area contributed by atoms with Gasteiger partial charge < -0.3 is 9.84 Å². The van der Waals surface area contributed by atoms with Crippen molar-refractivity contribution in [1.29, 1.82) is 0 Å². The van der Waals surface area contributed by atoms with Crippen LogP contribution in [0.25, 0.3) is 6.08 Å². The number of carbonyl (C=O) groups is 3. The molecule has 0 saturated carbocycles. The molecule has 0 spiro atoms. The molecular weight excluding hydrogens is 400 g/mol. The predicted octanol–water partition coefficient (Wildman–Crippen LogP) is 3.29. The Morgan fingerprint density at radius 1 is 1.14 bits per heavy atom. The highest BCUT2D eigenvalue weighted by atomic mass is 32.2. The largest absolute Gasteiger partial charge is 0.489 e. The summed E-state index contributed by atoms with van der Waals surface area (Å²) in [6.07, 6.45) is 1.51. The summed E-state index contributed by atoms with van der Waals surface area (Å²) >= 11 is 0.690. The second kappa shape index (κ2) is 8.57. The third-order valence-corrected chi connectivity index (χ3v) is 4.80. The lowest BCUT2D eigenvalue weighted by atomic mass is 10.2. The molecule has 1 N–H and O–H groups in total. The highest BCUT2D eigenvalue weighted by molar-refractivity contribution is 8.18. The van der Waals surface area contributed by atoms with Crippen LogP contribution in [0.2, 0.25) is 0 Å². The average molecular weight is 414 g/mol. The van der Waals surface area contributed by atoms with Crippen LogP contribution in [-0.4, -0.2) is 38.6 Å². The van der Waals surface area contributed by atoms with Crippen molar-refractivity contribution in [3.05, 3.63) is 74.7 Å². The number of nitro benzene ring substituents is 1. The van der Waals surface area contributed by atoms with E-state index in [1.807, 2.05) is 0 Å². The molecule has 29 heavy (non-hydrogen) atoms. The normalized spacial score (nSPS) is 15.0. The number of carboxylic acids is 1. The van der Waals surface area contributed by atoms with Crippen LogP contribution in [-0.2, 0) is 16.2 Å². The van der Waals surface area contributed by atoms with Gasteiger partial charge in [-0.2, -0.15) is 0 Å². The van der Waals surface area contributed by atoms with Crippen LogP contribution >= 0.6 is 11.8 Å². The fraction of sp³-hybridized carbons (Fsp3) is 0.105. The van der Waals surface area contributed by atoms with E-state index in [9.17, 15) is 24.5 Å². The highest BCUT2D eigenvalue weighted by Crippen LogP contribution is 2.32. The third kappa shape index (κ3) is 4.99. The van der Waals surface area contributed by atoms with Crippen molar-refractivity contribution in [2.24, 2.45) is 0 Å². The van der Waals surface area contributed by atoms with Crippen LogP contribution in [0.4, 0.5) is 10.5 Å². The van der Waals surface area contributed by atoms with Gasteiger partial charge in [0.15, 0.2) is 0 Å². The van der Waals surface area contributed by atoms with Crippen LogP contribution in [0.5, 0.6) is 5.75 Å². The van der Waals surface area contributed by atoms with Crippen molar-refractivity contribution in [1.82, 2.24) is 4.90 Å². The van der Waals surface area contributed by atoms with Crippen LogP contribution < -0.4 is 4.74 Å². The van der Waals surface area contributed by atoms with Gasteiger partial charge in [-0.15, -0.1) is 0 Å². The molecule has 1 saturated heterocycles. The number of ether oxygens (including phenoxy) is 1. The Labute approximate surface area is 168 Å². The van der Waals surface area contributed by atoms with Gasteiger partial charge in [0.1, 0.15) is 18.9 Å². The number of benzene rings is 2. The van der Waals surface area contributed by atoms with Crippen LogP contribution in [0.1, 0.15) is 11.1 Å². The van der Waals surface area contributed by atoms with Gasteiger partial charge in [0.2, 0.25) is 0 Å². The standard InChI is InChI=1S/C19H14N2O7S/c22-17(23)10-20-18(24)16(29-19(20)25)9-12-3-7-15(8-4-12)28-11-13-1-5-14(6-2-13)21(26)27/h1-9H,10-11H2,(H,22,23)/b16-9+. The molecule has 1 heterocycles. The Morgan fingerprint density at radius 3 is 2.38 bits per heavy atom. The Morgan fingerprint density at radius 2 is 1.79 bits per heavy atom. The van der Waals surface area contributed by atoms with Gasteiger partial charge in [-0.25, -0.2) is 0 Å². The fourth-order valence-corrected chi connectivity index (χ4v) is 3.30. The summed E-state index contributed by atoms with van der Waals surface area (Å²) in [5, 5.41) is 18.8. The Balaban J connectivity index is 1.62. The van der Waals surface area contributed by atoms with Crippen LogP contribution in [0, 0.1) is 10.1 Å². The van der Waals surface area contributed by atoms with E-state index < -0.39 is 28.6 Å². The van der Waals surface area contributed by atoms with E-state index in [4.69, 9.17) is 9.84 Å². The molecule has 2 aromatic carbocycles. The summed E-state index contributed by atoms with van der Waals surface area (Å²) in [6.45, 7) is -0.442. The molecule has 3 rings (SSSR count). The van der Waals surface area contributed by atoms with Gasteiger partial charge >= 0.3 is 5.97 Å². The van der Waals surface area contributed by atoms with Gasteiger partial charge in [-0.3, -0.25) is 29.4 Å². The molecule has 1 fully saturated rings. The van der Waals surface area contributed by atoms with Gasteiger partial charge in [-0.05, 0) is 53.2 Å². The molecule has 2 aromatic rings. The van der Waals surface area contributed by atoms with Crippen LogP contribution in [0.15, 0.2) is 53.4 Å². The number of rotatable bonds is 7. The number of nitro groups is 1. The van der Waals surface area contributed by atoms with Crippen LogP contribution in [0.3, 0.4) is 0 Å². The number of amides is 2. The minimum Gasteiger partial charge on any atom is -0.489 e. The van der Waals surface area contributed by atoms with Gasteiger partial charge in [0.25, 0.3) is 16.8 Å². The number of aliphatic carboxylic acids is 1. The Kier molecular flexibility index (Phi) is 5.93. The lowest BCUT2D eigenvalue weighted by Gasteiger charge is -2.08. The first-order chi connectivity index (χ1) is 13.8. The first-order valence-electron chi connectivity index (χ1n) is 8.27. The zero-order valence-electron chi connectivity index (χ0n) is 14.8. The lowest BCUT2D eigenvalue weighted by Crippen LogP contribution is -2.33. The number of carboxylic acid groups (broad SMARTS) is 1. The van der Waals surface area contributed by atoms with E-state index in [-0.39, 0.29) is 17.2 Å². The SMILES string of the molecule is O=C(O)CN1C(=O)S/C(=C/c2ccc(OCc3ccc([N+](=O)[O-])cc3)cc2)C1=O. The molecule has 0 aromatic heterocycles. The monoisotopic (exact) mass is 414 g/mol. The number of thioether (sulfide) groups is 1. The Hall–Kier alpha value is -3.66. The Bertz CT molecular complexity index is 1000. The third-order valence-electron chi connectivity index (χ3n) is 3.90. The molecule has 0 unspecified atom stereocenters. The van der Waals surface area contributed by atoms with Crippen molar-refractivity contribution >= 4 is 40.6 Å². The molecule has 0 bridgehead atoms. The maximum Gasteiger partial charge on any atom is 0.323 e. The van der Waals surface area contributed by atoms with E-state index >= 15 is 0 Å². The molecule has 1 aliphatic rings. The topological polar surface area (TPSA) is 127 Å². The smallest absolute Gasteiger partial charge is 0.323 e. The second-order valence-corrected chi connectivity index (χ2v) is 6.94. The van der Waals surface area contributed by atoms with Crippen molar-refractivity contribution in [2.75, 3.05) is 6.54 Å². The summed E-state index contributed by atoms with van der Waals surface area (Å²) in [4.78, 5) is 45.6. The molecule has 0 radical (unpaired) electrons. The molecule has 0 atom stereocenters. The first-order valence-corrected chi connectivity index (χ1v) is 9.08. The number of non-ortho nitro benzene ring substituents is 1. The average Bonchev–Trinajstić information content (AvgIpc) is 2.95. The maximum atomic E-state index is 12.1. The van der Waals surface area contributed by atoms with E-state index in [0.717, 1.165) is 5.56 Å². The molecule has 2 amide bonds. The summed E-state index contributed by atoms with van der Waals surface area (Å²) in [5.74, 6) is -1.34. The molecular formula is C19H14N2O7S. The zero-order valence-corrected chi connectivity index (χ0v) is 15.6. The quantitative estimate of drug-likeness (QED) is 0.415. The summed E-state index contributed by atoms with van der Waals surface area (Å²) in [6, 6.07) is 12.8. The van der Waals surface area contributed by atoms with Crippen molar-refractivity contribution in [2.45, 2.75) is 6.61 Å². The highest BCUT2D eigenvalue weighted by Gasteiger charge is 2.36. The predicted molar refractivity (Wildman–Crippen MR) is 104 cm³/mol. The molecule has 10 heteroatoms.